The van der Waals surface area contributed by atoms with Gasteiger partial charge in [0.15, 0.2) is 5.82 Å². The SMILES string of the molecule is CNC(=O)c1cc2cc(O)c(-c3ccc(N(C)[C@@H]4C[C@]5(C)CC[C@](C)(C4)N5)nn3)cc2cn1. The Morgan fingerprint density at radius 3 is 2.48 bits per heavy atom. The number of rotatable bonds is 4. The minimum Gasteiger partial charge on any atom is -0.507 e. The molecule has 0 unspecified atom stereocenters. The number of phenolic OH excluding ortho intramolecular Hbond substituents is 1. The van der Waals surface area contributed by atoms with E-state index in [0.717, 1.165) is 29.4 Å². The first-order valence-electron chi connectivity index (χ1n) is 11.4. The van der Waals surface area contributed by atoms with Gasteiger partial charge in [0.1, 0.15) is 11.4 Å². The summed E-state index contributed by atoms with van der Waals surface area (Å²) < 4.78 is 0. The average Bonchev–Trinajstić information content (AvgIpc) is 3.03. The number of piperidine rings is 1. The first-order valence-corrected chi connectivity index (χ1v) is 11.4. The van der Waals surface area contributed by atoms with E-state index in [1.165, 1.54) is 12.8 Å². The van der Waals surface area contributed by atoms with Crippen LogP contribution in [0.25, 0.3) is 22.0 Å². The van der Waals surface area contributed by atoms with Gasteiger partial charge in [0.2, 0.25) is 0 Å². The Morgan fingerprint density at radius 1 is 1.12 bits per heavy atom. The second-order valence-electron chi connectivity index (χ2n) is 10.1. The topological polar surface area (TPSA) is 103 Å². The molecule has 2 aromatic heterocycles. The van der Waals surface area contributed by atoms with Crippen molar-refractivity contribution >= 4 is 22.5 Å². The van der Waals surface area contributed by atoms with E-state index in [1.807, 2.05) is 18.2 Å². The molecule has 2 bridgehead atoms. The largest absolute Gasteiger partial charge is 0.507 e. The number of benzene rings is 1. The van der Waals surface area contributed by atoms with Crippen molar-refractivity contribution in [3.05, 3.63) is 42.2 Å². The number of hydrogen-bond acceptors (Lipinski definition) is 7. The second kappa shape index (κ2) is 7.66. The summed E-state index contributed by atoms with van der Waals surface area (Å²) in [5.41, 5.74) is 1.84. The smallest absolute Gasteiger partial charge is 0.269 e. The quantitative estimate of drug-likeness (QED) is 0.565. The summed E-state index contributed by atoms with van der Waals surface area (Å²) in [5, 5.41) is 27.5. The number of hydrogen-bond donors (Lipinski definition) is 3. The number of nitrogens with one attached hydrogen (secondary N) is 2. The van der Waals surface area contributed by atoms with Gasteiger partial charge in [0, 0.05) is 48.4 Å². The van der Waals surface area contributed by atoms with Crippen molar-refractivity contribution in [2.75, 3.05) is 19.0 Å². The van der Waals surface area contributed by atoms with Crippen LogP contribution in [-0.4, -0.2) is 57.4 Å². The Kier molecular flexibility index (Phi) is 5.01. The van der Waals surface area contributed by atoms with Gasteiger partial charge in [-0.25, -0.2) is 0 Å². The molecular formula is C25H30N6O2. The normalized spacial score (nSPS) is 26.4. The molecule has 3 N–H and O–H groups in total. The van der Waals surface area contributed by atoms with E-state index in [9.17, 15) is 9.90 Å². The number of phenols is 1. The lowest BCUT2D eigenvalue weighted by Gasteiger charge is -2.45. The van der Waals surface area contributed by atoms with Crippen molar-refractivity contribution in [1.29, 1.82) is 0 Å². The summed E-state index contributed by atoms with van der Waals surface area (Å²) in [4.78, 5) is 18.3. The summed E-state index contributed by atoms with van der Waals surface area (Å²) in [5.74, 6) is 0.646. The fraction of sp³-hybridized carbons (Fsp3) is 0.440. The Labute approximate surface area is 193 Å². The van der Waals surface area contributed by atoms with Crippen LogP contribution in [0.4, 0.5) is 5.82 Å². The second-order valence-corrected chi connectivity index (χ2v) is 10.1. The third-order valence-electron chi connectivity index (χ3n) is 7.34. The van der Waals surface area contributed by atoms with Crippen molar-refractivity contribution in [1.82, 2.24) is 25.8 Å². The fourth-order valence-electron chi connectivity index (χ4n) is 5.58. The van der Waals surface area contributed by atoms with Gasteiger partial charge in [0.25, 0.3) is 5.91 Å². The van der Waals surface area contributed by atoms with Gasteiger partial charge in [-0.15, -0.1) is 10.2 Å². The zero-order valence-electron chi connectivity index (χ0n) is 19.5. The maximum Gasteiger partial charge on any atom is 0.269 e. The molecule has 5 rings (SSSR count). The molecule has 1 aromatic carbocycles. The van der Waals surface area contributed by atoms with Crippen molar-refractivity contribution in [2.45, 2.75) is 56.7 Å². The van der Waals surface area contributed by atoms with Gasteiger partial charge in [-0.3, -0.25) is 9.78 Å². The molecule has 1 amide bonds. The van der Waals surface area contributed by atoms with E-state index in [2.05, 4.69) is 51.6 Å². The number of aromatic hydroxyl groups is 1. The van der Waals surface area contributed by atoms with Crippen LogP contribution < -0.4 is 15.5 Å². The third-order valence-corrected chi connectivity index (χ3v) is 7.34. The van der Waals surface area contributed by atoms with Gasteiger partial charge in [0.05, 0.1) is 5.69 Å². The average molecular weight is 447 g/mol. The van der Waals surface area contributed by atoms with E-state index >= 15 is 0 Å². The Bertz CT molecular complexity index is 1210. The van der Waals surface area contributed by atoms with E-state index < -0.39 is 0 Å². The molecule has 4 heterocycles. The van der Waals surface area contributed by atoms with E-state index in [-0.39, 0.29) is 22.7 Å². The van der Waals surface area contributed by atoms with Gasteiger partial charge < -0.3 is 20.6 Å². The zero-order valence-corrected chi connectivity index (χ0v) is 19.5. The van der Waals surface area contributed by atoms with Gasteiger partial charge in [-0.1, -0.05) is 0 Å². The fourth-order valence-corrected chi connectivity index (χ4v) is 5.58. The number of carbonyl (C=O) groups excluding carboxylic acids is 1. The van der Waals surface area contributed by atoms with Crippen LogP contribution in [0.1, 0.15) is 50.0 Å². The molecule has 0 saturated carbocycles. The minimum atomic E-state index is -0.268. The van der Waals surface area contributed by atoms with Crippen LogP contribution in [0.5, 0.6) is 5.75 Å². The lowest BCUT2D eigenvalue weighted by atomic mass is 9.84. The number of fused-ring (bicyclic) bond motifs is 3. The predicted octanol–water partition coefficient (Wildman–Crippen LogP) is 3.26. The van der Waals surface area contributed by atoms with Crippen LogP contribution in [0, 0.1) is 0 Å². The number of anilines is 1. The van der Waals surface area contributed by atoms with Crippen LogP contribution >= 0.6 is 0 Å². The lowest BCUT2D eigenvalue weighted by Crippen LogP contribution is -2.58. The number of pyridine rings is 1. The molecule has 2 saturated heterocycles. The first kappa shape index (κ1) is 21.6. The number of carbonyl (C=O) groups is 1. The molecule has 0 aliphatic carbocycles. The predicted molar refractivity (Wildman–Crippen MR) is 128 cm³/mol. The monoisotopic (exact) mass is 446 g/mol. The van der Waals surface area contributed by atoms with E-state index in [4.69, 9.17) is 0 Å². The minimum absolute atomic E-state index is 0.0859. The van der Waals surface area contributed by atoms with Crippen LogP contribution in [0.2, 0.25) is 0 Å². The first-order chi connectivity index (χ1) is 15.7. The molecule has 172 valence electrons. The molecule has 2 fully saturated rings. The highest BCUT2D eigenvalue weighted by molar-refractivity contribution is 5.97. The van der Waals surface area contributed by atoms with Gasteiger partial charge >= 0.3 is 0 Å². The number of nitrogens with zero attached hydrogens (tertiary/aromatic N) is 4. The molecule has 8 nitrogen and oxygen atoms in total. The zero-order chi connectivity index (χ0) is 23.4. The Hall–Kier alpha value is -3.26. The van der Waals surface area contributed by atoms with Crippen molar-refractivity contribution in [3.8, 4) is 17.0 Å². The summed E-state index contributed by atoms with van der Waals surface area (Å²) in [7, 11) is 3.65. The standard InChI is InChI=1S/C25H30N6O2/c1-24-7-8-25(2,30-24)13-17(12-24)31(4)22-6-5-19(28-29-22)18-9-16-14-27-20(23(33)26-3)10-15(16)11-21(18)32/h5-6,9-11,14,17,30,32H,7-8,12-13H2,1-4H3,(H,26,33)/t17-,24+,25-. The van der Waals surface area contributed by atoms with Crippen molar-refractivity contribution in [2.24, 2.45) is 0 Å². The molecule has 3 aromatic rings. The summed E-state index contributed by atoms with van der Waals surface area (Å²) in [6.07, 6.45) is 6.21. The molecule has 2 aliphatic rings. The van der Waals surface area contributed by atoms with Gasteiger partial charge in [-0.05, 0) is 75.2 Å². The molecule has 0 spiro atoms. The maximum atomic E-state index is 11.8. The molecule has 8 heteroatoms. The van der Waals surface area contributed by atoms with Crippen LogP contribution in [0.15, 0.2) is 36.5 Å². The van der Waals surface area contributed by atoms with Crippen molar-refractivity contribution < 1.29 is 9.90 Å². The highest BCUT2D eigenvalue weighted by Gasteiger charge is 2.49. The van der Waals surface area contributed by atoms with Crippen molar-refractivity contribution in [3.63, 3.8) is 0 Å². The third kappa shape index (κ3) is 3.88. The molecule has 2 aliphatic heterocycles. The Morgan fingerprint density at radius 2 is 1.85 bits per heavy atom. The van der Waals surface area contributed by atoms with Gasteiger partial charge in [-0.2, -0.15) is 0 Å². The lowest BCUT2D eigenvalue weighted by molar-refractivity contribution is 0.0958. The highest BCUT2D eigenvalue weighted by atomic mass is 16.3. The Balaban J connectivity index is 1.40. The summed E-state index contributed by atoms with van der Waals surface area (Å²) in [6.45, 7) is 4.64. The van der Waals surface area contributed by atoms with E-state index in [1.54, 1.807) is 25.4 Å². The molecule has 33 heavy (non-hydrogen) atoms. The summed E-state index contributed by atoms with van der Waals surface area (Å²) >= 11 is 0. The van der Waals surface area contributed by atoms with Crippen LogP contribution in [0.3, 0.4) is 0 Å². The number of aromatic nitrogens is 3. The summed E-state index contributed by atoms with van der Waals surface area (Å²) in [6, 6.07) is 9.38. The highest BCUT2D eigenvalue weighted by Crippen LogP contribution is 2.43. The van der Waals surface area contributed by atoms with Crippen LogP contribution in [-0.2, 0) is 0 Å². The molecular weight excluding hydrogens is 416 g/mol. The maximum absolute atomic E-state index is 11.8. The number of amides is 1. The van der Waals surface area contributed by atoms with E-state index in [0.29, 0.717) is 23.0 Å². The molecule has 0 radical (unpaired) electrons. The molecule has 3 atom stereocenters.